The Morgan fingerprint density at radius 1 is 1.50 bits per heavy atom. The van der Waals surface area contributed by atoms with Crippen LogP contribution < -0.4 is 10.6 Å². The van der Waals surface area contributed by atoms with Gasteiger partial charge < -0.3 is 10.6 Å². The molecule has 0 bridgehead atoms. The third kappa shape index (κ3) is 5.43. The Labute approximate surface area is 135 Å². The molecule has 0 aliphatic carbocycles. The lowest BCUT2D eigenvalue weighted by Crippen LogP contribution is -2.51. The summed E-state index contributed by atoms with van der Waals surface area (Å²) in [5, 5.41) is 6.54. The van der Waals surface area contributed by atoms with Gasteiger partial charge in [0.25, 0.3) is 0 Å². The van der Waals surface area contributed by atoms with E-state index in [1.165, 1.54) is 5.56 Å². The van der Waals surface area contributed by atoms with E-state index in [1.807, 2.05) is 12.1 Å². The summed E-state index contributed by atoms with van der Waals surface area (Å²) in [4.78, 5) is 12.0. The first-order valence-electron chi connectivity index (χ1n) is 6.92. The molecule has 0 saturated carbocycles. The summed E-state index contributed by atoms with van der Waals surface area (Å²) in [7, 11) is 0. The normalized spacial score (nSPS) is 21.9. The highest BCUT2D eigenvalue weighted by atomic mass is 79.9. The van der Waals surface area contributed by atoms with Gasteiger partial charge >= 0.3 is 0 Å². The van der Waals surface area contributed by atoms with Gasteiger partial charge in [-0.15, -0.1) is 12.4 Å². The van der Waals surface area contributed by atoms with Gasteiger partial charge in [0.2, 0.25) is 5.91 Å². The minimum atomic E-state index is 0. The molecule has 2 rings (SSSR count). The van der Waals surface area contributed by atoms with Crippen LogP contribution in [-0.4, -0.2) is 24.5 Å². The molecule has 112 valence electrons. The molecule has 0 aromatic heterocycles. The van der Waals surface area contributed by atoms with E-state index in [0.717, 1.165) is 30.3 Å². The number of halogens is 2. The van der Waals surface area contributed by atoms with E-state index >= 15 is 0 Å². The first kappa shape index (κ1) is 17.5. The zero-order valence-electron chi connectivity index (χ0n) is 11.7. The first-order valence-corrected chi connectivity index (χ1v) is 7.71. The molecular weight excluding hydrogens is 340 g/mol. The van der Waals surface area contributed by atoms with Crippen molar-refractivity contribution in [1.29, 1.82) is 0 Å². The number of nitrogens with one attached hydrogen (secondary N) is 2. The predicted octanol–water partition coefficient (Wildman–Crippen LogP) is 3.06. The summed E-state index contributed by atoms with van der Waals surface area (Å²) >= 11 is 3.45. The summed E-state index contributed by atoms with van der Waals surface area (Å²) in [5.74, 6) is 0.153. The summed E-state index contributed by atoms with van der Waals surface area (Å²) in [5.41, 5.74) is 1.19. The lowest BCUT2D eigenvalue weighted by Gasteiger charge is -2.30. The maximum absolute atomic E-state index is 12.0. The highest BCUT2D eigenvalue weighted by Gasteiger charge is 2.21. The van der Waals surface area contributed by atoms with Gasteiger partial charge in [-0.25, -0.2) is 0 Å². The highest BCUT2D eigenvalue weighted by molar-refractivity contribution is 9.10. The third-order valence-corrected chi connectivity index (χ3v) is 4.13. The molecule has 1 amide bonds. The molecule has 1 aromatic carbocycles. The van der Waals surface area contributed by atoms with Crippen molar-refractivity contribution in [1.82, 2.24) is 10.6 Å². The number of piperidine rings is 1. The Hall–Kier alpha value is -0.580. The fourth-order valence-electron chi connectivity index (χ4n) is 2.47. The standard InChI is InChI=1S/C15H21BrN2O.ClH/c1-11-14(6-3-9-17-11)18-15(19)8-7-12-4-2-5-13(16)10-12;/h2,4-5,10-11,14,17H,3,6-9H2,1H3,(H,18,19);1H. The van der Waals surface area contributed by atoms with Gasteiger partial charge in [-0.1, -0.05) is 28.1 Å². The topological polar surface area (TPSA) is 41.1 Å². The summed E-state index contributed by atoms with van der Waals surface area (Å²) in [6.07, 6.45) is 3.57. The van der Waals surface area contributed by atoms with Gasteiger partial charge in [-0.05, 0) is 50.4 Å². The van der Waals surface area contributed by atoms with Crippen LogP contribution in [0, 0.1) is 0 Å². The zero-order chi connectivity index (χ0) is 13.7. The van der Waals surface area contributed by atoms with Gasteiger partial charge in [0.15, 0.2) is 0 Å². The average molecular weight is 362 g/mol. The molecule has 1 aliphatic rings. The fraction of sp³-hybridized carbons (Fsp3) is 0.533. The van der Waals surface area contributed by atoms with E-state index in [1.54, 1.807) is 0 Å². The van der Waals surface area contributed by atoms with Crippen molar-refractivity contribution in [2.45, 2.75) is 44.7 Å². The van der Waals surface area contributed by atoms with Gasteiger partial charge in [-0.3, -0.25) is 4.79 Å². The molecule has 3 nitrogen and oxygen atoms in total. The van der Waals surface area contributed by atoms with Gasteiger partial charge in [0.1, 0.15) is 0 Å². The summed E-state index contributed by atoms with van der Waals surface area (Å²) < 4.78 is 1.07. The van der Waals surface area contributed by atoms with Crippen LogP contribution in [0.2, 0.25) is 0 Å². The predicted molar refractivity (Wildman–Crippen MR) is 88.3 cm³/mol. The first-order chi connectivity index (χ1) is 9.15. The molecule has 1 heterocycles. The number of hydrogen-bond donors (Lipinski definition) is 2. The molecule has 1 aliphatic heterocycles. The highest BCUT2D eigenvalue weighted by Crippen LogP contribution is 2.13. The molecule has 2 atom stereocenters. The Balaban J connectivity index is 0.00000200. The Morgan fingerprint density at radius 2 is 2.30 bits per heavy atom. The van der Waals surface area contributed by atoms with Crippen LogP contribution in [0.25, 0.3) is 0 Å². The molecule has 1 saturated heterocycles. The molecule has 1 aromatic rings. The quantitative estimate of drug-likeness (QED) is 0.865. The van der Waals surface area contributed by atoms with Crippen LogP contribution >= 0.6 is 28.3 Å². The van der Waals surface area contributed by atoms with Crippen molar-refractivity contribution in [3.8, 4) is 0 Å². The van der Waals surface area contributed by atoms with E-state index < -0.39 is 0 Å². The SMILES string of the molecule is CC1NCCCC1NC(=O)CCc1cccc(Br)c1.Cl. The van der Waals surface area contributed by atoms with Crippen LogP contribution in [-0.2, 0) is 11.2 Å². The molecular formula is C15H22BrClN2O. The molecule has 0 radical (unpaired) electrons. The number of rotatable bonds is 4. The Morgan fingerprint density at radius 3 is 3.00 bits per heavy atom. The zero-order valence-corrected chi connectivity index (χ0v) is 14.1. The molecule has 1 fully saturated rings. The van der Waals surface area contributed by atoms with Crippen molar-refractivity contribution in [2.24, 2.45) is 0 Å². The fourth-order valence-corrected chi connectivity index (χ4v) is 2.92. The van der Waals surface area contributed by atoms with E-state index in [-0.39, 0.29) is 24.4 Å². The van der Waals surface area contributed by atoms with Crippen molar-refractivity contribution in [2.75, 3.05) is 6.54 Å². The second kappa shape index (κ2) is 8.65. The van der Waals surface area contributed by atoms with Gasteiger partial charge in [0.05, 0.1) is 0 Å². The number of carbonyl (C=O) groups excluding carboxylic acids is 1. The van der Waals surface area contributed by atoms with E-state index in [0.29, 0.717) is 12.5 Å². The lowest BCUT2D eigenvalue weighted by atomic mass is 9.99. The van der Waals surface area contributed by atoms with Crippen molar-refractivity contribution in [3.63, 3.8) is 0 Å². The van der Waals surface area contributed by atoms with E-state index in [2.05, 4.69) is 45.6 Å². The van der Waals surface area contributed by atoms with Crippen molar-refractivity contribution >= 4 is 34.2 Å². The molecule has 5 heteroatoms. The van der Waals surface area contributed by atoms with E-state index in [9.17, 15) is 4.79 Å². The largest absolute Gasteiger partial charge is 0.352 e. The average Bonchev–Trinajstić information content (AvgIpc) is 2.39. The maximum Gasteiger partial charge on any atom is 0.220 e. The maximum atomic E-state index is 12.0. The molecule has 20 heavy (non-hydrogen) atoms. The van der Waals surface area contributed by atoms with Crippen molar-refractivity contribution in [3.05, 3.63) is 34.3 Å². The lowest BCUT2D eigenvalue weighted by molar-refractivity contribution is -0.122. The smallest absolute Gasteiger partial charge is 0.220 e. The monoisotopic (exact) mass is 360 g/mol. The molecule has 2 N–H and O–H groups in total. The van der Waals surface area contributed by atoms with Gasteiger partial charge in [0, 0.05) is 23.0 Å². The number of benzene rings is 1. The Bertz CT molecular complexity index is 442. The van der Waals surface area contributed by atoms with Crippen LogP contribution in [0.5, 0.6) is 0 Å². The summed E-state index contributed by atoms with van der Waals surface area (Å²) in [6.45, 7) is 3.20. The number of carbonyl (C=O) groups is 1. The Kier molecular flexibility index (Phi) is 7.56. The molecule has 0 spiro atoms. The second-order valence-corrected chi connectivity index (χ2v) is 6.10. The van der Waals surface area contributed by atoms with Crippen molar-refractivity contribution < 1.29 is 4.79 Å². The number of hydrogen-bond acceptors (Lipinski definition) is 2. The van der Waals surface area contributed by atoms with Gasteiger partial charge in [-0.2, -0.15) is 0 Å². The minimum absolute atomic E-state index is 0. The van der Waals surface area contributed by atoms with E-state index in [4.69, 9.17) is 0 Å². The minimum Gasteiger partial charge on any atom is -0.352 e. The van der Waals surface area contributed by atoms with Crippen LogP contribution in [0.4, 0.5) is 0 Å². The molecule has 2 unspecified atom stereocenters. The van der Waals surface area contributed by atoms with Crippen LogP contribution in [0.1, 0.15) is 31.7 Å². The summed E-state index contributed by atoms with van der Waals surface area (Å²) in [6, 6.07) is 8.79. The number of amides is 1. The van der Waals surface area contributed by atoms with Crippen LogP contribution in [0.3, 0.4) is 0 Å². The second-order valence-electron chi connectivity index (χ2n) is 5.19. The van der Waals surface area contributed by atoms with Crippen LogP contribution in [0.15, 0.2) is 28.7 Å². The third-order valence-electron chi connectivity index (χ3n) is 3.64. The number of aryl methyl sites for hydroxylation is 1.